The van der Waals surface area contributed by atoms with Crippen molar-refractivity contribution in [2.45, 2.75) is 12.8 Å². The minimum absolute atomic E-state index is 0.100. The average molecular weight is 485 g/mol. The highest BCUT2D eigenvalue weighted by Gasteiger charge is 2.25. The summed E-state index contributed by atoms with van der Waals surface area (Å²) in [6.07, 6.45) is 3.04. The predicted octanol–water partition coefficient (Wildman–Crippen LogP) is 4.38. The molecule has 0 bridgehead atoms. The molecule has 1 fully saturated rings. The van der Waals surface area contributed by atoms with Gasteiger partial charge in [0.1, 0.15) is 17.1 Å². The number of benzene rings is 2. The van der Waals surface area contributed by atoms with Crippen LogP contribution in [0.25, 0.3) is 11.0 Å². The molecule has 1 aliphatic carbocycles. The Bertz CT molecular complexity index is 1440. The van der Waals surface area contributed by atoms with E-state index < -0.39 is 0 Å². The first-order chi connectivity index (χ1) is 17.6. The van der Waals surface area contributed by atoms with Crippen molar-refractivity contribution in [3.63, 3.8) is 0 Å². The summed E-state index contributed by atoms with van der Waals surface area (Å²) in [7, 11) is 3.80. The standard InChI is InChI=1S/C27H28N6O3/c1-32-12-14-33(15-13-32)18-7-8-20(23(16-18)35-2)29-27-30-25-19(10-11-28-25)26(31-27)36-22-5-3-4-17-6-9-21(34)24(17)22/h3-5,7-8,10-11,16H,6,9,12-15H2,1-2H3,(H2,28,29,30,31). The number of ketones is 1. The molecule has 184 valence electrons. The Balaban J connectivity index is 1.31. The summed E-state index contributed by atoms with van der Waals surface area (Å²) >= 11 is 0. The summed E-state index contributed by atoms with van der Waals surface area (Å²) in [4.78, 5) is 29.6. The average Bonchev–Trinajstić information content (AvgIpc) is 3.52. The molecule has 2 aromatic heterocycles. The number of aryl methyl sites for hydroxylation is 1. The zero-order valence-corrected chi connectivity index (χ0v) is 20.4. The molecule has 0 atom stereocenters. The van der Waals surface area contributed by atoms with Gasteiger partial charge >= 0.3 is 0 Å². The van der Waals surface area contributed by atoms with Crippen LogP contribution in [0.1, 0.15) is 22.3 Å². The van der Waals surface area contributed by atoms with Gasteiger partial charge < -0.3 is 29.6 Å². The molecule has 0 saturated carbocycles. The molecular weight excluding hydrogens is 456 g/mol. The van der Waals surface area contributed by atoms with Gasteiger partial charge in [0.25, 0.3) is 0 Å². The van der Waals surface area contributed by atoms with E-state index >= 15 is 0 Å². The fraction of sp³-hybridized carbons (Fsp3) is 0.296. The SMILES string of the molecule is COc1cc(N2CCN(C)CC2)ccc1Nc1nc(Oc2cccc3c2C(=O)CC3)c2cc[nH]c2n1. The van der Waals surface area contributed by atoms with E-state index in [1.807, 2.05) is 36.4 Å². The Morgan fingerprint density at radius 1 is 1.00 bits per heavy atom. The number of rotatable bonds is 6. The number of Topliss-reactive ketones (excluding diaryl/α,β-unsaturated/α-hetero) is 1. The van der Waals surface area contributed by atoms with Crippen molar-refractivity contribution >= 4 is 34.1 Å². The molecule has 1 aliphatic heterocycles. The van der Waals surface area contributed by atoms with Gasteiger partial charge in [0.05, 0.1) is 23.7 Å². The van der Waals surface area contributed by atoms with Crippen molar-refractivity contribution in [1.82, 2.24) is 19.9 Å². The molecule has 2 N–H and O–H groups in total. The summed E-state index contributed by atoms with van der Waals surface area (Å²) in [5.41, 5.74) is 4.17. The number of fused-ring (bicyclic) bond motifs is 2. The molecule has 0 spiro atoms. The number of aromatic amines is 1. The first-order valence-electron chi connectivity index (χ1n) is 12.2. The molecule has 6 rings (SSSR count). The maximum absolute atomic E-state index is 12.5. The fourth-order valence-electron chi connectivity index (χ4n) is 4.88. The Morgan fingerprint density at radius 3 is 2.69 bits per heavy atom. The lowest BCUT2D eigenvalue weighted by Crippen LogP contribution is -2.44. The number of methoxy groups -OCH3 is 1. The highest BCUT2D eigenvalue weighted by Crippen LogP contribution is 2.37. The van der Waals surface area contributed by atoms with Crippen molar-refractivity contribution in [2.24, 2.45) is 0 Å². The van der Waals surface area contributed by atoms with E-state index in [0.29, 0.717) is 41.0 Å². The summed E-state index contributed by atoms with van der Waals surface area (Å²) in [6.45, 7) is 4.02. The van der Waals surface area contributed by atoms with Gasteiger partial charge in [0, 0.05) is 50.6 Å². The monoisotopic (exact) mass is 484 g/mol. The molecule has 2 aromatic carbocycles. The van der Waals surface area contributed by atoms with Crippen LogP contribution in [0, 0.1) is 0 Å². The van der Waals surface area contributed by atoms with Crippen LogP contribution in [-0.4, -0.2) is 66.0 Å². The second-order valence-corrected chi connectivity index (χ2v) is 9.21. The second-order valence-electron chi connectivity index (χ2n) is 9.21. The van der Waals surface area contributed by atoms with E-state index in [4.69, 9.17) is 9.47 Å². The molecule has 1 saturated heterocycles. The maximum atomic E-state index is 12.5. The lowest BCUT2D eigenvalue weighted by Gasteiger charge is -2.34. The normalized spacial score (nSPS) is 15.8. The highest BCUT2D eigenvalue weighted by molar-refractivity contribution is 6.03. The third-order valence-electron chi connectivity index (χ3n) is 6.90. The fourth-order valence-corrected chi connectivity index (χ4v) is 4.88. The largest absolute Gasteiger partial charge is 0.494 e. The summed E-state index contributed by atoms with van der Waals surface area (Å²) in [5, 5.41) is 4.03. The van der Waals surface area contributed by atoms with Gasteiger partial charge in [-0.15, -0.1) is 0 Å². The van der Waals surface area contributed by atoms with Gasteiger partial charge in [-0.05, 0) is 43.3 Å². The molecule has 0 unspecified atom stereocenters. The van der Waals surface area contributed by atoms with Crippen LogP contribution < -0.4 is 19.7 Å². The van der Waals surface area contributed by atoms with Crippen LogP contribution in [0.3, 0.4) is 0 Å². The highest BCUT2D eigenvalue weighted by atomic mass is 16.5. The number of hydrogen-bond donors (Lipinski definition) is 2. The number of nitrogens with zero attached hydrogens (tertiary/aromatic N) is 4. The number of piperazine rings is 1. The molecule has 3 heterocycles. The number of H-pyrrole nitrogens is 1. The topological polar surface area (TPSA) is 95.6 Å². The zero-order chi connectivity index (χ0) is 24.6. The van der Waals surface area contributed by atoms with E-state index in [2.05, 4.69) is 43.2 Å². The minimum Gasteiger partial charge on any atom is -0.494 e. The summed E-state index contributed by atoms with van der Waals surface area (Å²) in [6, 6.07) is 13.7. The predicted molar refractivity (Wildman–Crippen MR) is 139 cm³/mol. The first-order valence-corrected chi connectivity index (χ1v) is 12.2. The molecular formula is C27H28N6O3. The van der Waals surface area contributed by atoms with E-state index in [1.165, 1.54) is 0 Å². The summed E-state index contributed by atoms with van der Waals surface area (Å²) < 4.78 is 11.9. The smallest absolute Gasteiger partial charge is 0.233 e. The number of nitrogens with one attached hydrogen (secondary N) is 2. The van der Waals surface area contributed by atoms with Gasteiger partial charge in [-0.25, -0.2) is 0 Å². The van der Waals surface area contributed by atoms with Crippen LogP contribution in [0.5, 0.6) is 17.4 Å². The van der Waals surface area contributed by atoms with Gasteiger partial charge in [-0.1, -0.05) is 12.1 Å². The van der Waals surface area contributed by atoms with Crippen LogP contribution >= 0.6 is 0 Å². The van der Waals surface area contributed by atoms with E-state index in [0.717, 1.165) is 54.9 Å². The quantitative estimate of drug-likeness (QED) is 0.416. The molecule has 2 aliphatic rings. The molecule has 4 aromatic rings. The molecule has 0 amide bonds. The van der Waals surface area contributed by atoms with Crippen molar-refractivity contribution < 1.29 is 14.3 Å². The number of anilines is 3. The third kappa shape index (κ3) is 4.11. The Morgan fingerprint density at radius 2 is 1.86 bits per heavy atom. The Hall–Kier alpha value is -4.11. The van der Waals surface area contributed by atoms with E-state index in [1.54, 1.807) is 13.3 Å². The molecule has 9 nitrogen and oxygen atoms in total. The number of likely N-dealkylation sites (N-methyl/N-ethyl adjacent to an activating group) is 1. The lowest BCUT2D eigenvalue weighted by molar-refractivity contribution is 0.0992. The van der Waals surface area contributed by atoms with Crippen molar-refractivity contribution in [2.75, 3.05) is 50.6 Å². The van der Waals surface area contributed by atoms with Crippen molar-refractivity contribution in [3.05, 3.63) is 59.8 Å². The number of carbonyl (C=O) groups is 1. The number of aromatic nitrogens is 3. The molecule has 9 heteroatoms. The van der Waals surface area contributed by atoms with Crippen molar-refractivity contribution in [3.8, 4) is 17.4 Å². The maximum Gasteiger partial charge on any atom is 0.233 e. The summed E-state index contributed by atoms with van der Waals surface area (Å²) in [5.74, 6) is 2.07. The lowest BCUT2D eigenvalue weighted by atomic mass is 10.1. The third-order valence-corrected chi connectivity index (χ3v) is 6.90. The number of hydrogen-bond acceptors (Lipinski definition) is 8. The second kappa shape index (κ2) is 9.16. The van der Waals surface area contributed by atoms with Gasteiger partial charge in [-0.2, -0.15) is 9.97 Å². The van der Waals surface area contributed by atoms with Crippen molar-refractivity contribution in [1.29, 1.82) is 0 Å². The first kappa shape index (κ1) is 22.4. The van der Waals surface area contributed by atoms with Gasteiger partial charge in [0.2, 0.25) is 11.8 Å². The van der Waals surface area contributed by atoms with E-state index in [9.17, 15) is 4.79 Å². The van der Waals surface area contributed by atoms with E-state index in [-0.39, 0.29) is 5.78 Å². The van der Waals surface area contributed by atoms with Crippen LogP contribution in [0.4, 0.5) is 17.3 Å². The molecule has 36 heavy (non-hydrogen) atoms. The number of carbonyl (C=O) groups excluding carboxylic acids is 1. The Kier molecular flexibility index (Phi) is 5.69. The number of ether oxygens (including phenoxy) is 2. The van der Waals surface area contributed by atoms with Crippen LogP contribution in [-0.2, 0) is 6.42 Å². The minimum atomic E-state index is 0.100. The van der Waals surface area contributed by atoms with Gasteiger partial charge in [-0.3, -0.25) is 4.79 Å². The Labute approximate surface area is 209 Å². The van der Waals surface area contributed by atoms with Crippen LogP contribution in [0.2, 0.25) is 0 Å². The van der Waals surface area contributed by atoms with Gasteiger partial charge in [0.15, 0.2) is 5.78 Å². The zero-order valence-electron chi connectivity index (χ0n) is 20.4. The molecule has 0 radical (unpaired) electrons. The van der Waals surface area contributed by atoms with Crippen LogP contribution in [0.15, 0.2) is 48.7 Å².